The number of ether oxygens (including phenoxy) is 1. The van der Waals surface area contributed by atoms with Gasteiger partial charge in [0.2, 0.25) is 0 Å². The number of alkyl halides is 1. The van der Waals surface area contributed by atoms with Crippen LogP contribution < -0.4 is 4.74 Å². The zero-order valence-electron chi connectivity index (χ0n) is 10.1. The van der Waals surface area contributed by atoms with Crippen LogP contribution in [0.15, 0.2) is 36.7 Å². The summed E-state index contributed by atoms with van der Waals surface area (Å²) in [6.45, 7) is 1.67. The van der Waals surface area contributed by atoms with Gasteiger partial charge >= 0.3 is 0 Å². The highest BCUT2D eigenvalue weighted by Crippen LogP contribution is 2.34. The van der Waals surface area contributed by atoms with Crippen LogP contribution in [-0.4, -0.2) is 16.4 Å². The van der Waals surface area contributed by atoms with Crippen LogP contribution >= 0.6 is 11.6 Å². The lowest BCUT2D eigenvalue weighted by Gasteiger charge is -2.25. The van der Waals surface area contributed by atoms with Crippen LogP contribution in [0.5, 0.6) is 5.75 Å². The minimum absolute atomic E-state index is 0.470. The Morgan fingerprint density at radius 2 is 2.28 bits per heavy atom. The summed E-state index contributed by atoms with van der Waals surface area (Å²) in [5.41, 5.74) is 2.35. The highest BCUT2D eigenvalue weighted by molar-refractivity contribution is 6.17. The Labute approximate surface area is 111 Å². The topological polar surface area (TPSA) is 27.1 Å². The molecule has 1 aliphatic heterocycles. The van der Waals surface area contributed by atoms with Crippen LogP contribution in [0.2, 0.25) is 0 Å². The predicted molar refractivity (Wildman–Crippen MR) is 71.1 cm³/mol. The van der Waals surface area contributed by atoms with E-state index < -0.39 is 0 Å². The third-order valence-corrected chi connectivity index (χ3v) is 3.64. The van der Waals surface area contributed by atoms with Gasteiger partial charge in [0.05, 0.1) is 18.7 Å². The minimum Gasteiger partial charge on any atom is -0.493 e. The largest absolute Gasteiger partial charge is 0.493 e. The van der Waals surface area contributed by atoms with E-state index in [4.69, 9.17) is 16.3 Å². The molecule has 0 N–H and O–H groups in total. The molecule has 1 aromatic heterocycles. The van der Waals surface area contributed by atoms with Gasteiger partial charge in [0.15, 0.2) is 0 Å². The lowest BCUT2D eigenvalue weighted by Crippen LogP contribution is -2.18. The molecule has 0 fully saturated rings. The van der Waals surface area contributed by atoms with E-state index in [2.05, 4.69) is 17.2 Å². The number of fused-ring (bicyclic) bond motifs is 1. The Morgan fingerprint density at radius 3 is 3.11 bits per heavy atom. The van der Waals surface area contributed by atoms with Gasteiger partial charge in [-0.25, -0.2) is 0 Å². The van der Waals surface area contributed by atoms with E-state index in [1.807, 2.05) is 29.2 Å². The van der Waals surface area contributed by atoms with Crippen LogP contribution in [0.1, 0.15) is 23.5 Å². The van der Waals surface area contributed by atoms with Crippen LogP contribution in [0.3, 0.4) is 0 Å². The van der Waals surface area contributed by atoms with Crippen molar-refractivity contribution in [2.24, 2.45) is 0 Å². The van der Waals surface area contributed by atoms with Crippen LogP contribution in [0.4, 0.5) is 0 Å². The summed E-state index contributed by atoms with van der Waals surface area (Å²) in [6, 6.07) is 8.26. The van der Waals surface area contributed by atoms with Gasteiger partial charge in [-0.3, -0.25) is 4.68 Å². The van der Waals surface area contributed by atoms with Crippen molar-refractivity contribution in [3.8, 4) is 5.75 Å². The predicted octanol–water partition coefficient (Wildman–Crippen LogP) is 3.19. The molecule has 1 aliphatic rings. The van der Waals surface area contributed by atoms with Crippen molar-refractivity contribution in [3.63, 3.8) is 0 Å². The molecular weight excluding hydrogens is 248 g/mol. The molecule has 1 atom stereocenters. The van der Waals surface area contributed by atoms with E-state index in [0.29, 0.717) is 11.8 Å². The molecule has 1 aromatic carbocycles. The first kappa shape index (κ1) is 11.6. The molecule has 3 nitrogen and oxygen atoms in total. The summed E-state index contributed by atoms with van der Waals surface area (Å²) >= 11 is 5.79. The lowest BCUT2D eigenvalue weighted by atomic mass is 9.93. The summed E-state index contributed by atoms with van der Waals surface area (Å²) < 4.78 is 7.64. The number of aromatic nitrogens is 2. The van der Waals surface area contributed by atoms with Gasteiger partial charge in [-0.05, 0) is 18.1 Å². The Morgan fingerprint density at radius 1 is 1.39 bits per heavy atom. The standard InChI is InChI=1S/C14H15ClN2O/c15-7-11-8-16-17(9-11)10-12-5-6-18-14-4-2-1-3-13(12)14/h1-4,8-9,12H,5-7,10H2. The van der Waals surface area contributed by atoms with Crippen molar-refractivity contribution >= 4 is 11.6 Å². The van der Waals surface area contributed by atoms with Crippen molar-refractivity contribution in [3.05, 3.63) is 47.8 Å². The van der Waals surface area contributed by atoms with E-state index in [9.17, 15) is 0 Å². The Bertz CT molecular complexity index is 538. The fourth-order valence-corrected chi connectivity index (χ4v) is 2.54. The second kappa shape index (κ2) is 5.02. The highest BCUT2D eigenvalue weighted by Gasteiger charge is 2.21. The SMILES string of the molecule is ClCc1cnn(CC2CCOc3ccccc32)c1. The molecule has 3 rings (SSSR count). The third kappa shape index (κ3) is 2.23. The summed E-state index contributed by atoms with van der Waals surface area (Å²) in [6.07, 6.45) is 4.89. The molecule has 0 spiro atoms. The molecule has 0 amide bonds. The Hall–Kier alpha value is -1.48. The third-order valence-electron chi connectivity index (χ3n) is 3.33. The molecule has 4 heteroatoms. The second-order valence-electron chi connectivity index (χ2n) is 4.58. The Kier molecular flexibility index (Phi) is 3.24. The van der Waals surface area contributed by atoms with E-state index in [-0.39, 0.29) is 0 Å². The molecule has 0 bridgehead atoms. The second-order valence-corrected chi connectivity index (χ2v) is 4.84. The normalized spacial score (nSPS) is 18.2. The van der Waals surface area contributed by atoms with Crippen LogP contribution in [0.25, 0.3) is 0 Å². The number of hydrogen-bond donors (Lipinski definition) is 0. The molecule has 2 aromatic rings. The quantitative estimate of drug-likeness (QED) is 0.795. The van der Waals surface area contributed by atoms with E-state index in [1.54, 1.807) is 0 Å². The van der Waals surface area contributed by atoms with Crippen LogP contribution in [0, 0.1) is 0 Å². The fourth-order valence-electron chi connectivity index (χ4n) is 2.41. The monoisotopic (exact) mass is 262 g/mol. The molecule has 0 aliphatic carbocycles. The van der Waals surface area contributed by atoms with Gasteiger partial charge < -0.3 is 4.74 Å². The summed E-state index contributed by atoms with van der Waals surface area (Å²) in [4.78, 5) is 0. The van der Waals surface area contributed by atoms with Gasteiger partial charge in [0.25, 0.3) is 0 Å². The van der Waals surface area contributed by atoms with Crippen LogP contribution in [-0.2, 0) is 12.4 Å². The first-order valence-electron chi connectivity index (χ1n) is 6.16. The van der Waals surface area contributed by atoms with Gasteiger partial charge in [-0.15, -0.1) is 11.6 Å². The lowest BCUT2D eigenvalue weighted by molar-refractivity contribution is 0.256. The molecule has 2 heterocycles. The van der Waals surface area contributed by atoms with Gasteiger partial charge in [-0.2, -0.15) is 5.10 Å². The molecule has 18 heavy (non-hydrogen) atoms. The van der Waals surface area contributed by atoms with Gasteiger partial charge in [-0.1, -0.05) is 18.2 Å². The Balaban J connectivity index is 1.81. The molecule has 1 unspecified atom stereocenters. The number of para-hydroxylation sites is 1. The summed E-state index contributed by atoms with van der Waals surface area (Å²) in [5.74, 6) is 2.00. The summed E-state index contributed by atoms with van der Waals surface area (Å²) in [5, 5.41) is 4.35. The molecule has 0 radical (unpaired) electrons. The van der Waals surface area contributed by atoms with Crippen molar-refractivity contribution in [2.75, 3.05) is 6.61 Å². The number of hydrogen-bond acceptors (Lipinski definition) is 2. The maximum atomic E-state index is 5.79. The zero-order valence-corrected chi connectivity index (χ0v) is 10.8. The van der Waals surface area contributed by atoms with E-state index in [0.717, 1.165) is 30.9 Å². The fraction of sp³-hybridized carbons (Fsp3) is 0.357. The number of benzene rings is 1. The van der Waals surface area contributed by atoms with Gasteiger partial charge in [0, 0.05) is 24.2 Å². The average Bonchev–Trinajstić information content (AvgIpc) is 2.87. The molecular formula is C14H15ClN2O. The number of nitrogens with zero attached hydrogens (tertiary/aromatic N) is 2. The smallest absolute Gasteiger partial charge is 0.122 e. The zero-order chi connectivity index (χ0) is 12.4. The molecule has 94 valence electrons. The maximum Gasteiger partial charge on any atom is 0.122 e. The average molecular weight is 263 g/mol. The van der Waals surface area contributed by atoms with E-state index in [1.165, 1.54) is 5.56 Å². The van der Waals surface area contributed by atoms with Crippen molar-refractivity contribution in [2.45, 2.75) is 24.8 Å². The number of rotatable bonds is 3. The first-order valence-corrected chi connectivity index (χ1v) is 6.69. The maximum absolute atomic E-state index is 5.79. The van der Waals surface area contributed by atoms with Crippen molar-refractivity contribution < 1.29 is 4.74 Å². The minimum atomic E-state index is 0.470. The van der Waals surface area contributed by atoms with Crippen molar-refractivity contribution in [1.29, 1.82) is 0 Å². The first-order chi connectivity index (χ1) is 8.86. The number of halogens is 1. The molecule has 0 saturated carbocycles. The van der Waals surface area contributed by atoms with Gasteiger partial charge in [0.1, 0.15) is 5.75 Å². The highest BCUT2D eigenvalue weighted by atomic mass is 35.5. The van der Waals surface area contributed by atoms with E-state index >= 15 is 0 Å². The summed E-state index contributed by atoms with van der Waals surface area (Å²) in [7, 11) is 0. The molecule has 0 saturated heterocycles. The van der Waals surface area contributed by atoms with Crippen molar-refractivity contribution in [1.82, 2.24) is 9.78 Å².